The number of unbranched alkanes of at least 4 members (excludes halogenated alkanes) is 3. The minimum Gasteiger partial charge on any atom is -0.0654 e. The lowest BCUT2D eigenvalue weighted by Gasteiger charge is -2.28. The quantitative estimate of drug-likeness (QED) is 0.439. The van der Waals surface area contributed by atoms with Crippen molar-refractivity contribution in [1.29, 1.82) is 0 Å². The van der Waals surface area contributed by atoms with Crippen molar-refractivity contribution in [2.75, 3.05) is 0 Å². The second kappa shape index (κ2) is 10.0. The van der Waals surface area contributed by atoms with Gasteiger partial charge in [-0.3, -0.25) is 0 Å². The molecule has 0 nitrogen and oxygen atoms in total. The van der Waals surface area contributed by atoms with Crippen LogP contribution < -0.4 is 0 Å². The molecule has 0 atom stereocenters. The van der Waals surface area contributed by atoms with Gasteiger partial charge in [0.1, 0.15) is 0 Å². The van der Waals surface area contributed by atoms with Crippen LogP contribution in [0.1, 0.15) is 88.6 Å². The van der Waals surface area contributed by atoms with Crippen LogP contribution in [0.3, 0.4) is 0 Å². The lowest BCUT2D eigenvalue weighted by molar-refractivity contribution is 0.245. The molecule has 0 heterocycles. The fourth-order valence-corrected chi connectivity index (χ4v) is 3.68. The van der Waals surface area contributed by atoms with Gasteiger partial charge in [0.25, 0.3) is 0 Å². The summed E-state index contributed by atoms with van der Waals surface area (Å²) in [5, 5.41) is 0. The van der Waals surface area contributed by atoms with E-state index in [2.05, 4.69) is 6.92 Å². The Morgan fingerprint density at radius 3 is 2.24 bits per heavy atom. The van der Waals surface area contributed by atoms with E-state index in [0.29, 0.717) is 0 Å². The molecule has 0 bridgehead atoms. The van der Waals surface area contributed by atoms with E-state index in [4.69, 9.17) is 5.48 Å². The van der Waals surface area contributed by atoms with Crippen LogP contribution in [-0.4, -0.2) is 0 Å². The number of aryl methyl sites for hydroxylation is 1. The van der Waals surface area contributed by atoms with Gasteiger partial charge in [-0.05, 0) is 30.2 Å². The van der Waals surface area contributed by atoms with Gasteiger partial charge >= 0.3 is 0 Å². The Balaban J connectivity index is 1.66. The smallest absolute Gasteiger partial charge is 0.0626 e. The number of hydrogen-bond acceptors (Lipinski definition) is 0. The maximum Gasteiger partial charge on any atom is 0.0626 e. The summed E-state index contributed by atoms with van der Waals surface area (Å²) in [7, 11) is 0. The monoisotopic (exact) mass is 290 g/mol. The Kier molecular flexibility index (Phi) is 5.61. The van der Waals surface area contributed by atoms with E-state index in [1.165, 1.54) is 64.2 Å². The number of benzene rings is 1. The zero-order chi connectivity index (χ0) is 18.2. The third-order valence-electron chi connectivity index (χ3n) is 5.09. The van der Waals surface area contributed by atoms with Crippen molar-refractivity contribution in [2.45, 2.75) is 84.0 Å². The summed E-state index contributed by atoms with van der Waals surface area (Å²) in [6, 6.07) is 1.63. The zero-order valence-corrected chi connectivity index (χ0v) is 13.7. The lowest BCUT2D eigenvalue weighted by atomic mass is 9.78. The van der Waals surface area contributed by atoms with Gasteiger partial charge in [0.15, 0.2) is 0 Å². The largest absolute Gasteiger partial charge is 0.0654 e. The summed E-state index contributed by atoms with van der Waals surface area (Å²) >= 11 is 0. The Labute approximate surface area is 138 Å². The molecule has 0 spiro atoms. The first-order valence-electron chi connectivity index (χ1n) is 11.1. The normalized spacial score (nSPS) is 25.0. The molecule has 0 heteroatoms. The Hall–Kier alpha value is -0.780. The summed E-state index contributed by atoms with van der Waals surface area (Å²) in [6.45, 7) is 2.28. The van der Waals surface area contributed by atoms with E-state index >= 15 is 0 Å². The van der Waals surface area contributed by atoms with Gasteiger partial charge in [0, 0.05) is 0 Å². The molecular formula is C21H34. The van der Waals surface area contributed by atoms with Crippen molar-refractivity contribution in [3.63, 3.8) is 0 Å². The first kappa shape index (κ1) is 11.7. The molecule has 0 saturated heterocycles. The molecule has 1 aromatic rings. The predicted molar refractivity (Wildman–Crippen MR) is 93.6 cm³/mol. The molecule has 0 aliphatic heterocycles. The van der Waals surface area contributed by atoms with Gasteiger partial charge < -0.3 is 0 Å². The first-order valence-corrected chi connectivity index (χ1v) is 9.09. The van der Waals surface area contributed by atoms with Crippen LogP contribution >= 0.6 is 0 Å². The van der Waals surface area contributed by atoms with Crippen molar-refractivity contribution in [1.82, 2.24) is 0 Å². The predicted octanol–water partition coefficient (Wildman–Crippen LogP) is 6.79. The van der Waals surface area contributed by atoms with Crippen LogP contribution in [0.4, 0.5) is 0 Å². The SMILES string of the molecule is [2H]c1cc(CCCCC2CCC(CCCCC)CC2)c([2H])c([2H])c1[2H]. The highest BCUT2D eigenvalue weighted by Crippen LogP contribution is 2.34. The molecule has 1 aliphatic carbocycles. The van der Waals surface area contributed by atoms with Gasteiger partial charge in [-0.15, -0.1) is 0 Å². The van der Waals surface area contributed by atoms with Crippen LogP contribution in [0.5, 0.6) is 0 Å². The highest BCUT2D eigenvalue weighted by Gasteiger charge is 2.20. The summed E-state index contributed by atoms with van der Waals surface area (Å²) < 4.78 is 31.0. The van der Waals surface area contributed by atoms with Crippen molar-refractivity contribution >= 4 is 0 Å². The molecule has 1 aromatic carbocycles. The molecule has 118 valence electrons. The van der Waals surface area contributed by atoms with Gasteiger partial charge in [-0.1, -0.05) is 101 Å². The summed E-state index contributed by atoms with van der Waals surface area (Å²) in [4.78, 5) is 0. The molecule has 1 aliphatic rings. The summed E-state index contributed by atoms with van der Waals surface area (Å²) in [5.74, 6) is 1.86. The minimum absolute atomic E-state index is 0.0809. The molecule has 21 heavy (non-hydrogen) atoms. The van der Waals surface area contributed by atoms with Crippen molar-refractivity contribution < 1.29 is 5.48 Å². The van der Waals surface area contributed by atoms with Crippen LogP contribution in [0.25, 0.3) is 0 Å². The van der Waals surface area contributed by atoms with E-state index in [9.17, 15) is 0 Å². The van der Waals surface area contributed by atoms with Gasteiger partial charge in [0.05, 0.1) is 5.48 Å². The summed E-state index contributed by atoms with van der Waals surface area (Å²) in [5.41, 5.74) is 0.769. The van der Waals surface area contributed by atoms with Gasteiger partial charge in [-0.2, -0.15) is 0 Å². The third kappa shape index (κ3) is 6.68. The molecule has 0 unspecified atom stereocenters. The topological polar surface area (TPSA) is 0 Å². The molecule has 0 amide bonds. The maximum absolute atomic E-state index is 7.96. The highest BCUT2D eigenvalue weighted by molar-refractivity contribution is 5.14. The van der Waals surface area contributed by atoms with E-state index in [1.807, 2.05) is 0 Å². The van der Waals surface area contributed by atoms with Gasteiger partial charge in [0.2, 0.25) is 0 Å². The average molecular weight is 291 g/mol. The maximum atomic E-state index is 7.96. The molecule has 0 aromatic heterocycles. The lowest BCUT2D eigenvalue weighted by Crippen LogP contribution is -2.14. The number of rotatable bonds is 9. The van der Waals surface area contributed by atoms with E-state index in [0.717, 1.165) is 30.2 Å². The Morgan fingerprint density at radius 2 is 1.57 bits per heavy atom. The van der Waals surface area contributed by atoms with E-state index in [1.54, 1.807) is 6.07 Å². The number of hydrogen-bond donors (Lipinski definition) is 0. The van der Waals surface area contributed by atoms with Gasteiger partial charge in [-0.25, -0.2) is 0 Å². The van der Waals surface area contributed by atoms with Crippen molar-refractivity contribution in [3.8, 4) is 0 Å². The van der Waals surface area contributed by atoms with Crippen molar-refractivity contribution in [2.24, 2.45) is 11.8 Å². The second-order valence-corrected chi connectivity index (χ2v) is 6.82. The second-order valence-electron chi connectivity index (χ2n) is 6.82. The minimum atomic E-state index is -0.121. The molecule has 0 radical (unpaired) electrons. The average Bonchev–Trinajstić information content (AvgIpc) is 2.62. The molecule has 1 fully saturated rings. The molecule has 0 N–H and O–H groups in total. The van der Waals surface area contributed by atoms with Crippen molar-refractivity contribution in [3.05, 3.63) is 35.8 Å². The van der Waals surface area contributed by atoms with Crippen LogP contribution in [-0.2, 0) is 6.42 Å². The van der Waals surface area contributed by atoms with E-state index in [-0.39, 0.29) is 24.2 Å². The van der Waals surface area contributed by atoms with E-state index < -0.39 is 0 Å². The fourth-order valence-electron chi connectivity index (χ4n) is 3.68. The fraction of sp³-hybridized carbons (Fsp3) is 0.714. The highest BCUT2D eigenvalue weighted by atomic mass is 14.3. The summed E-state index contributed by atoms with van der Waals surface area (Å²) in [6.07, 6.45) is 15.4. The standard InChI is InChI=1S/C21H34/c1-2-3-5-10-20-15-17-21(18-16-20)14-9-8-13-19-11-6-4-7-12-19/h4,6-7,11-12,20-21H,2-3,5,8-10,13-18H2,1H3/i4D,6D,7D,11D. The van der Waals surface area contributed by atoms with Crippen LogP contribution in [0.2, 0.25) is 0 Å². The molecule has 2 rings (SSSR count). The zero-order valence-electron chi connectivity index (χ0n) is 17.7. The van der Waals surface area contributed by atoms with Crippen LogP contribution in [0.15, 0.2) is 30.2 Å². The van der Waals surface area contributed by atoms with Crippen LogP contribution in [0, 0.1) is 11.8 Å². The Morgan fingerprint density at radius 1 is 0.905 bits per heavy atom. The molecular weight excluding hydrogens is 252 g/mol. The first-order chi connectivity index (χ1) is 12.0. The third-order valence-corrected chi connectivity index (χ3v) is 5.09. The molecule has 1 saturated carbocycles. The Bertz CT molecular complexity index is 533.